The molecule has 0 rings (SSSR count). The third-order valence-corrected chi connectivity index (χ3v) is 8.97. The second-order valence-electron chi connectivity index (χ2n) is 13.5. The largest absolute Gasteiger partial charge is 0.465 e. The second kappa shape index (κ2) is 29.1. The molecule has 0 heterocycles. The van der Waals surface area contributed by atoms with E-state index in [1.807, 2.05) is 0 Å². The van der Waals surface area contributed by atoms with Gasteiger partial charge in [-0.1, -0.05) is 62.3 Å². The quantitative estimate of drug-likeness (QED) is 0.0620. The van der Waals surface area contributed by atoms with Crippen LogP contribution in [0.5, 0.6) is 0 Å². The van der Waals surface area contributed by atoms with Crippen LogP contribution in [-0.4, -0.2) is 98.1 Å². The van der Waals surface area contributed by atoms with Gasteiger partial charge in [0.25, 0.3) is 0 Å². The van der Waals surface area contributed by atoms with Crippen LogP contribution >= 0.6 is 0 Å². The molecule has 16 nitrogen and oxygen atoms in total. The van der Waals surface area contributed by atoms with E-state index in [0.717, 1.165) is 0 Å². The standard InChI is InChI=1S/C40H66O16/c1-10-27(52-32(41)15-6)19-35(44)49-24-40(18-9,25-50-36(45)20-28(11-2)55-38(47)22-30(13-4)53-33(42)16-7)26-51-37(46)21-29(12-3)56-39(48)23-31(14-5)54-34(43)17-8/h27-31H,10-26H2,1-9H3. The molecule has 0 aliphatic carbocycles. The molecule has 0 bridgehead atoms. The van der Waals surface area contributed by atoms with E-state index >= 15 is 0 Å². The van der Waals surface area contributed by atoms with Crippen LogP contribution in [0.4, 0.5) is 0 Å². The number of esters is 8. The average Bonchev–Trinajstić information content (AvgIpc) is 3.18. The number of rotatable bonds is 30. The van der Waals surface area contributed by atoms with Gasteiger partial charge in [-0.15, -0.1) is 0 Å². The van der Waals surface area contributed by atoms with Crippen LogP contribution in [0.15, 0.2) is 0 Å². The van der Waals surface area contributed by atoms with E-state index in [2.05, 4.69) is 0 Å². The molecule has 16 heteroatoms. The lowest BCUT2D eigenvalue weighted by Gasteiger charge is -2.31. The third kappa shape index (κ3) is 22.3. The van der Waals surface area contributed by atoms with Gasteiger partial charge in [0.2, 0.25) is 0 Å². The summed E-state index contributed by atoms with van der Waals surface area (Å²) in [6, 6.07) is 0. The van der Waals surface area contributed by atoms with Crippen molar-refractivity contribution < 1.29 is 76.3 Å². The lowest BCUT2D eigenvalue weighted by molar-refractivity contribution is -0.166. The van der Waals surface area contributed by atoms with Gasteiger partial charge in [-0.25, -0.2) is 0 Å². The normalized spacial score (nSPS) is 14.7. The van der Waals surface area contributed by atoms with Crippen LogP contribution < -0.4 is 0 Å². The average molecular weight is 803 g/mol. The highest BCUT2D eigenvalue weighted by atomic mass is 16.6. The van der Waals surface area contributed by atoms with Crippen molar-refractivity contribution in [3.8, 4) is 0 Å². The third-order valence-electron chi connectivity index (χ3n) is 8.97. The molecule has 0 aromatic heterocycles. The maximum Gasteiger partial charge on any atom is 0.309 e. The Morgan fingerprint density at radius 3 is 0.750 bits per heavy atom. The fourth-order valence-corrected chi connectivity index (χ4v) is 4.86. The minimum absolute atomic E-state index is 0.138. The van der Waals surface area contributed by atoms with Gasteiger partial charge in [-0.2, -0.15) is 0 Å². The molecule has 0 aromatic rings. The first-order valence-electron chi connectivity index (χ1n) is 20.0. The van der Waals surface area contributed by atoms with E-state index in [0.29, 0.717) is 19.3 Å². The summed E-state index contributed by atoms with van der Waals surface area (Å²) in [6.45, 7) is 14.4. The Kier molecular flexibility index (Phi) is 26.9. The highest BCUT2D eigenvalue weighted by Gasteiger charge is 2.36. The Hall–Kier alpha value is -4.24. The van der Waals surface area contributed by atoms with Gasteiger partial charge in [0.1, 0.15) is 50.3 Å². The predicted octanol–water partition coefficient (Wildman–Crippen LogP) is 5.80. The summed E-state index contributed by atoms with van der Waals surface area (Å²) in [5.74, 6) is -4.76. The zero-order valence-corrected chi connectivity index (χ0v) is 34.9. The molecule has 5 unspecified atom stereocenters. The summed E-state index contributed by atoms with van der Waals surface area (Å²) >= 11 is 0. The molecule has 0 aliphatic heterocycles. The van der Waals surface area contributed by atoms with Gasteiger partial charge in [-0.3, -0.25) is 38.4 Å². The van der Waals surface area contributed by atoms with Gasteiger partial charge >= 0.3 is 47.8 Å². The van der Waals surface area contributed by atoms with Crippen LogP contribution in [0.1, 0.15) is 152 Å². The van der Waals surface area contributed by atoms with Crippen molar-refractivity contribution >= 4 is 47.8 Å². The van der Waals surface area contributed by atoms with Crippen molar-refractivity contribution in [1.82, 2.24) is 0 Å². The fourth-order valence-electron chi connectivity index (χ4n) is 4.86. The Bertz CT molecular complexity index is 1180. The molecule has 0 aromatic carbocycles. The van der Waals surface area contributed by atoms with Crippen LogP contribution in [-0.2, 0) is 76.3 Å². The number of carbonyl (C=O) groups is 8. The van der Waals surface area contributed by atoms with Crippen molar-refractivity contribution in [3.63, 3.8) is 0 Å². The molecule has 0 saturated carbocycles. The molecule has 5 atom stereocenters. The van der Waals surface area contributed by atoms with E-state index < -0.39 is 83.7 Å². The Labute approximate surface area is 331 Å². The molecule has 0 fully saturated rings. The lowest BCUT2D eigenvalue weighted by Crippen LogP contribution is -2.40. The first kappa shape index (κ1) is 51.8. The zero-order chi connectivity index (χ0) is 42.7. The molecule has 0 N–H and O–H groups in total. The Morgan fingerprint density at radius 1 is 0.339 bits per heavy atom. The summed E-state index contributed by atoms with van der Waals surface area (Å²) in [4.78, 5) is 99.3. The molecule has 0 radical (unpaired) electrons. The van der Waals surface area contributed by atoms with Crippen LogP contribution in [0, 0.1) is 5.41 Å². The van der Waals surface area contributed by atoms with Crippen LogP contribution in [0.3, 0.4) is 0 Å². The van der Waals surface area contributed by atoms with Gasteiger partial charge in [-0.05, 0) is 38.5 Å². The smallest absolute Gasteiger partial charge is 0.309 e. The van der Waals surface area contributed by atoms with E-state index in [4.69, 9.17) is 37.9 Å². The van der Waals surface area contributed by atoms with Gasteiger partial charge in [0.15, 0.2) is 0 Å². The minimum atomic E-state index is -1.21. The fraction of sp³-hybridized carbons (Fsp3) is 0.800. The summed E-state index contributed by atoms with van der Waals surface area (Å²) in [5, 5.41) is 0. The maximum absolute atomic E-state index is 13.0. The molecule has 0 spiro atoms. The first-order chi connectivity index (χ1) is 26.6. The molecule has 0 amide bonds. The Balaban J connectivity index is 5.76. The second-order valence-corrected chi connectivity index (χ2v) is 13.5. The lowest BCUT2D eigenvalue weighted by atomic mass is 9.88. The minimum Gasteiger partial charge on any atom is -0.465 e. The highest BCUT2D eigenvalue weighted by molar-refractivity contribution is 5.75. The van der Waals surface area contributed by atoms with Crippen LogP contribution in [0.2, 0.25) is 0 Å². The first-order valence-corrected chi connectivity index (χ1v) is 20.0. The maximum atomic E-state index is 13.0. The SMILES string of the molecule is CCC(=O)OC(CC)CC(=O)OCC(CC)(COC(=O)CC(CC)OC(=O)CC(CC)OC(=O)CC)COC(=O)CC(CC)OC(=O)CC(CC)OC(=O)CC. The molecule has 56 heavy (non-hydrogen) atoms. The van der Waals surface area contributed by atoms with E-state index in [-0.39, 0.29) is 90.4 Å². The van der Waals surface area contributed by atoms with Crippen molar-refractivity contribution in [3.05, 3.63) is 0 Å². The van der Waals surface area contributed by atoms with Gasteiger partial charge in [0.05, 0.1) is 37.5 Å². The predicted molar refractivity (Wildman–Crippen MR) is 200 cm³/mol. The number of carbonyl (C=O) groups excluding carboxylic acids is 8. The highest BCUT2D eigenvalue weighted by Crippen LogP contribution is 2.26. The summed E-state index contributed by atoms with van der Waals surface area (Å²) in [5.41, 5.74) is -1.21. The molecule has 322 valence electrons. The topological polar surface area (TPSA) is 210 Å². The zero-order valence-electron chi connectivity index (χ0n) is 34.9. The van der Waals surface area contributed by atoms with Crippen LogP contribution in [0.25, 0.3) is 0 Å². The number of ether oxygens (including phenoxy) is 8. The summed E-state index contributed by atoms with van der Waals surface area (Å²) in [6.07, 6.45) is -2.45. The van der Waals surface area contributed by atoms with Crippen molar-refractivity contribution in [2.45, 2.75) is 183 Å². The van der Waals surface area contributed by atoms with E-state index in [9.17, 15) is 38.4 Å². The van der Waals surface area contributed by atoms with Crippen molar-refractivity contribution in [2.24, 2.45) is 5.41 Å². The number of hydrogen-bond acceptors (Lipinski definition) is 16. The molecule has 0 aliphatic rings. The van der Waals surface area contributed by atoms with E-state index in [1.54, 1.807) is 62.3 Å². The summed E-state index contributed by atoms with van der Waals surface area (Å²) in [7, 11) is 0. The van der Waals surface area contributed by atoms with Crippen molar-refractivity contribution in [1.29, 1.82) is 0 Å². The Morgan fingerprint density at radius 2 is 0.554 bits per heavy atom. The molecular weight excluding hydrogens is 736 g/mol. The van der Waals surface area contributed by atoms with Gasteiger partial charge < -0.3 is 37.9 Å². The number of hydrogen-bond donors (Lipinski definition) is 0. The molecule has 0 saturated heterocycles. The van der Waals surface area contributed by atoms with E-state index in [1.165, 1.54) is 0 Å². The summed E-state index contributed by atoms with van der Waals surface area (Å²) < 4.78 is 43.5. The van der Waals surface area contributed by atoms with Gasteiger partial charge in [0, 0.05) is 19.3 Å². The van der Waals surface area contributed by atoms with Crippen molar-refractivity contribution in [2.75, 3.05) is 19.8 Å². The molecular formula is C40H66O16. The monoisotopic (exact) mass is 802 g/mol.